The normalized spacial score (nSPS) is 26.1. The lowest BCUT2D eigenvalue weighted by molar-refractivity contribution is -0.151. The number of carbonyl (C=O) groups is 2. The Hall–Kier alpha value is -1.31. The zero-order valence-corrected chi connectivity index (χ0v) is 13.3. The second kappa shape index (κ2) is 7.11. The number of sulfone groups is 1. The number of amides is 2. The third kappa shape index (κ3) is 5.91. The van der Waals surface area contributed by atoms with E-state index in [0.717, 1.165) is 19.1 Å². The van der Waals surface area contributed by atoms with Crippen molar-refractivity contribution >= 4 is 21.8 Å². The summed E-state index contributed by atoms with van der Waals surface area (Å²) in [7, 11) is -3.12. The SMILES string of the molecule is CC1CCC(CNC(=O)NCCS(C)(=O)=O)(C(=O)O)CC1. The first-order chi connectivity index (χ1) is 9.65. The van der Waals surface area contributed by atoms with Crippen molar-refractivity contribution in [1.82, 2.24) is 10.6 Å². The molecule has 1 fully saturated rings. The topological polar surface area (TPSA) is 113 Å². The van der Waals surface area contributed by atoms with Gasteiger partial charge in [0.05, 0.1) is 11.2 Å². The van der Waals surface area contributed by atoms with Gasteiger partial charge in [0.15, 0.2) is 0 Å². The molecule has 0 aliphatic heterocycles. The van der Waals surface area contributed by atoms with Crippen LogP contribution < -0.4 is 10.6 Å². The first-order valence-corrected chi connectivity index (χ1v) is 9.13. The summed E-state index contributed by atoms with van der Waals surface area (Å²) in [4.78, 5) is 23.1. The summed E-state index contributed by atoms with van der Waals surface area (Å²) in [6.45, 7) is 2.18. The number of carboxylic acids is 1. The van der Waals surface area contributed by atoms with Gasteiger partial charge in [-0.3, -0.25) is 4.79 Å². The van der Waals surface area contributed by atoms with Crippen LogP contribution in [0.25, 0.3) is 0 Å². The molecule has 0 atom stereocenters. The summed E-state index contributed by atoms with van der Waals surface area (Å²) in [6.07, 6.45) is 3.86. The molecule has 21 heavy (non-hydrogen) atoms. The summed E-state index contributed by atoms with van der Waals surface area (Å²) in [5, 5.41) is 14.4. The van der Waals surface area contributed by atoms with Gasteiger partial charge < -0.3 is 15.7 Å². The van der Waals surface area contributed by atoms with Gasteiger partial charge in [-0.2, -0.15) is 0 Å². The lowest BCUT2D eigenvalue weighted by Gasteiger charge is -2.35. The third-order valence-electron chi connectivity index (χ3n) is 4.03. The van der Waals surface area contributed by atoms with E-state index >= 15 is 0 Å². The highest BCUT2D eigenvalue weighted by Gasteiger charge is 2.41. The highest BCUT2D eigenvalue weighted by atomic mass is 32.2. The smallest absolute Gasteiger partial charge is 0.314 e. The molecule has 1 aliphatic rings. The Kier molecular flexibility index (Phi) is 6.00. The molecular weight excluding hydrogens is 296 g/mol. The molecule has 7 nitrogen and oxygen atoms in total. The zero-order chi connectivity index (χ0) is 16.1. The van der Waals surface area contributed by atoms with Crippen molar-refractivity contribution in [2.45, 2.75) is 32.6 Å². The summed E-state index contributed by atoms with van der Waals surface area (Å²) in [6, 6.07) is -0.530. The van der Waals surface area contributed by atoms with E-state index in [0.29, 0.717) is 18.8 Å². The van der Waals surface area contributed by atoms with E-state index in [1.165, 1.54) is 0 Å². The molecule has 8 heteroatoms. The van der Waals surface area contributed by atoms with E-state index in [1.807, 2.05) is 0 Å². The van der Waals surface area contributed by atoms with Crippen molar-refractivity contribution in [3.05, 3.63) is 0 Å². The van der Waals surface area contributed by atoms with Gasteiger partial charge in [-0.05, 0) is 31.6 Å². The van der Waals surface area contributed by atoms with E-state index in [9.17, 15) is 23.1 Å². The predicted octanol–water partition coefficient (Wildman–Crippen LogP) is 0.611. The number of carbonyl (C=O) groups excluding carboxylic acids is 1. The number of aliphatic carboxylic acids is 1. The first-order valence-electron chi connectivity index (χ1n) is 7.07. The van der Waals surface area contributed by atoms with Crippen molar-refractivity contribution < 1.29 is 23.1 Å². The maximum atomic E-state index is 11.6. The van der Waals surface area contributed by atoms with Gasteiger partial charge in [-0.15, -0.1) is 0 Å². The van der Waals surface area contributed by atoms with Gasteiger partial charge in [0.1, 0.15) is 9.84 Å². The Morgan fingerprint density at radius 1 is 1.24 bits per heavy atom. The lowest BCUT2D eigenvalue weighted by atomic mass is 9.71. The molecule has 1 aliphatic carbocycles. The zero-order valence-electron chi connectivity index (χ0n) is 12.5. The van der Waals surface area contributed by atoms with Gasteiger partial charge >= 0.3 is 12.0 Å². The third-order valence-corrected chi connectivity index (χ3v) is 4.98. The van der Waals surface area contributed by atoms with Crippen LogP contribution in [0, 0.1) is 11.3 Å². The fraction of sp³-hybridized carbons (Fsp3) is 0.846. The molecule has 1 rings (SSSR count). The quantitative estimate of drug-likeness (QED) is 0.664. The minimum absolute atomic E-state index is 0.0156. The number of hydrogen-bond donors (Lipinski definition) is 3. The number of rotatable bonds is 6. The van der Waals surface area contributed by atoms with Crippen LogP contribution in [0.3, 0.4) is 0 Å². The predicted molar refractivity (Wildman–Crippen MR) is 78.8 cm³/mol. The maximum Gasteiger partial charge on any atom is 0.314 e. The molecule has 1 saturated carbocycles. The molecule has 0 heterocycles. The van der Waals surface area contributed by atoms with Gasteiger partial charge in [0.2, 0.25) is 0 Å². The highest BCUT2D eigenvalue weighted by molar-refractivity contribution is 7.90. The van der Waals surface area contributed by atoms with E-state index in [2.05, 4.69) is 17.6 Å². The Morgan fingerprint density at radius 3 is 2.29 bits per heavy atom. The highest BCUT2D eigenvalue weighted by Crippen LogP contribution is 2.38. The van der Waals surface area contributed by atoms with Gasteiger partial charge in [-0.1, -0.05) is 6.92 Å². The Labute approximate surface area is 125 Å². The van der Waals surface area contributed by atoms with Crippen LogP contribution in [-0.2, 0) is 14.6 Å². The van der Waals surface area contributed by atoms with Crippen LogP contribution in [0.1, 0.15) is 32.6 Å². The fourth-order valence-corrected chi connectivity index (χ4v) is 2.92. The molecule has 3 N–H and O–H groups in total. The number of carboxylic acid groups (broad SMARTS) is 1. The Morgan fingerprint density at radius 2 is 1.81 bits per heavy atom. The van der Waals surface area contributed by atoms with Crippen molar-refractivity contribution in [1.29, 1.82) is 0 Å². The Balaban J connectivity index is 2.43. The second-order valence-corrected chi connectivity index (χ2v) is 8.27. The van der Waals surface area contributed by atoms with Gasteiger partial charge in [0, 0.05) is 19.3 Å². The van der Waals surface area contributed by atoms with E-state index < -0.39 is 27.3 Å². The molecule has 0 aromatic heterocycles. The average molecular weight is 320 g/mol. The molecule has 0 bridgehead atoms. The van der Waals surface area contributed by atoms with Crippen LogP contribution in [0.15, 0.2) is 0 Å². The lowest BCUT2D eigenvalue weighted by Crippen LogP contribution is -2.48. The summed E-state index contributed by atoms with van der Waals surface area (Å²) >= 11 is 0. The van der Waals surface area contributed by atoms with Crippen LogP contribution >= 0.6 is 0 Å². The van der Waals surface area contributed by atoms with E-state index in [1.54, 1.807) is 0 Å². The van der Waals surface area contributed by atoms with Crippen LogP contribution in [0.5, 0.6) is 0 Å². The molecule has 0 radical (unpaired) electrons. The molecule has 0 aromatic carbocycles. The molecule has 0 spiro atoms. The van der Waals surface area contributed by atoms with Crippen molar-refractivity contribution in [2.24, 2.45) is 11.3 Å². The summed E-state index contributed by atoms with van der Waals surface area (Å²) in [5.41, 5.74) is -0.902. The Bertz CT molecular complexity index is 481. The number of hydrogen-bond acceptors (Lipinski definition) is 4. The van der Waals surface area contributed by atoms with Gasteiger partial charge in [-0.25, -0.2) is 13.2 Å². The first kappa shape index (κ1) is 17.7. The molecule has 0 saturated heterocycles. The maximum absolute atomic E-state index is 11.6. The molecule has 2 amide bonds. The van der Waals surface area contributed by atoms with Crippen LogP contribution in [0.4, 0.5) is 4.79 Å². The van der Waals surface area contributed by atoms with E-state index in [4.69, 9.17) is 0 Å². The molecular formula is C13H24N2O5S. The monoisotopic (exact) mass is 320 g/mol. The number of urea groups is 1. The van der Waals surface area contributed by atoms with Crippen molar-refractivity contribution in [3.8, 4) is 0 Å². The number of nitrogens with one attached hydrogen (secondary N) is 2. The molecule has 0 unspecified atom stereocenters. The molecule has 0 aromatic rings. The fourth-order valence-electron chi connectivity index (χ4n) is 2.44. The minimum Gasteiger partial charge on any atom is -0.481 e. The van der Waals surface area contributed by atoms with Crippen molar-refractivity contribution in [3.63, 3.8) is 0 Å². The summed E-state index contributed by atoms with van der Waals surface area (Å²) in [5.74, 6) is -0.506. The van der Waals surface area contributed by atoms with Crippen molar-refractivity contribution in [2.75, 3.05) is 25.1 Å². The van der Waals surface area contributed by atoms with Crippen LogP contribution in [0.2, 0.25) is 0 Å². The van der Waals surface area contributed by atoms with E-state index in [-0.39, 0.29) is 18.8 Å². The molecule has 122 valence electrons. The standard InChI is InChI=1S/C13H24N2O5S/c1-10-3-5-13(6-4-10,11(16)17)9-15-12(18)14-7-8-21(2,19)20/h10H,3-9H2,1-2H3,(H,16,17)(H2,14,15,18). The van der Waals surface area contributed by atoms with Gasteiger partial charge in [0.25, 0.3) is 0 Å². The summed E-state index contributed by atoms with van der Waals surface area (Å²) < 4.78 is 21.9. The largest absolute Gasteiger partial charge is 0.481 e. The second-order valence-electron chi connectivity index (χ2n) is 6.01. The minimum atomic E-state index is -3.12. The average Bonchev–Trinajstić information content (AvgIpc) is 2.36. The van der Waals surface area contributed by atoms with Crippen LogP contribution in [-0.4, -0.2) is 50.6 Å².